The van der Waals surface area contributed by atoms with Gasteiger partial charge in [0, 0.05) is 13.2 Å². The highest BCUT2D eigenvalue weighted by Crippen LogP contribution is 2.16. The van der Waals surface area contributed by atoms with Gasteiger partial charge in [-0.15, -0.1) is 0 Å². The second-order valence-corrected chi connectivity index (χ2v) is 3.81. The van der Waals surface area contributed by atoms with Crippen molar-refractivity contribution in [2.24, 2.45) is 0 Å². The van der Waals surface area contributed by atoms with Crippen LogP contribution >= 0.6 is 0 Å². The van der Waals surface area contributed by atoms with Gasteiger partial charge in [-0.1, -0.05) is 19.8 Å². The molecule has 0 aromatic carbocycles. The van der Waals surface area contributed by atoms with Gasteiger partial charge in [0.05, 0.1) is 0 Å². The molecule has 1 radical (unpaired) electrons. The molecule has 1 rings (SSSR count). The molecule has 1 unspecified atom stereocenters. The Balaban J connectivity index is 2.16. The van der Waals surface area contributed by atoms with E-state index in [2.05, 4.69) is 6.92 Å². The third kappa shape index (κ3) is 3.66. The molecule has 0 saturated carbocycles. The van der Waals surface area contributed by atoms with Crippen LogP contribution < -0.4 is 0 Å². The first-order chi connectivity index (χ1) is 6.88. The number of hydrogen-bond acceptors (Lipinski definition) is 2. The van der Waals surface area contributed by atoms with Crippen molar-refractivity contribution < 1.29 is 9.53 Å². The van der Waals surface area contributed by atoms with Gasteiger partial charge in [-0.05, 0) is 25.7 Å². The number of rotatable bonds is 6. The molecule has 0 aliphatic carbocycles. The molecule has 1 amide bonds. The van der Waals surface area contributed by atoms with Gasteiger partial charge in [0.25, 0.3) is 0 Å². The molecule has 1 aliphatic heterocycles. The maximum Gasteiger partial charge on any atom is 0.314 e. The molecule has 1 saturated heterocycles. The zero-order valence-corrected chi connectivity index (χ0v) is 9.00. The van der Waals surface area contributed by atoms with Crippen LogP contribution in [0.2, 0.25) is 0 Å². The monoisotopic (exact) mass is 198 g/mol. The average Bonchev–Trinajstić information content (AvgIpc) is 2.25. The molecular weight excluding hydrogens is 178 g/mol. The molecule has 3 nitrogen and oxygen atoms in total. The summed E-state index contributed by atoms with van der Waals surface area (Å²) in [5.74, 6) is 0. The smallest absolute Gasteiger partial charge is 0.314 e. The topological polar surface area (TPSA) is 29.5 Å². The van der Waals surface area contributed by atoms with Gasteiger partial charge in [-0.3, -0.25) is 4.79 Å². The van der Waals surface area contributed by atoms with Gasteiger partial charge < -0.3 is 9.64 Å². The molecule has 0 N–H and O–H groups in total. The quantitative estimate of drug-likeness (QED) is 0.611. The summed E-state index contributed by atoms with van der Waals surface area (Å²) in [6, 6.07) is 0. The normalized spacial score (nSPS) is 22.4. The minimum Gasteiger partial charge on any atom is -0.358 e. The van der Waals surface area contributed by atoms with Crippen molar-refractivity contribution in [3.8, 4) is 0 Å². The fourth-order valence-electron chi connectivity index (χ4n) is 1.75. The van der Waals surface area contributed by atoms with E-state index in [-0.39, 0.29) is 6.23 Å². The van der Waals surface area contributed by atoms with Gasteiger partial charge in [0.1, 0.15) is 6.23 Å². The number of ether oxygens (including phenoxy) is 1. The highest BCUT2D eigenvalue weighted by molar-refractivity contribution is 5.48. The Morgan fingerprint density at radius 3 is 3.00 bits per heavy atom. The van der Waals surface area contributed by atoms with E-state index in [0.29, 0.717) is 0 Å². The summed E-state index contributed by atoms with van der Waals surface area (Å²) in [5, 5.41) is 0. The van der Waals surface area contributed by atoms with Crippen molar-refractivity contribution in [3.05, 3.63) is 0 Å². The maximum atomic E-state index is 10.6. The molecule has 0 spiro atoms. The number of piperidine rings is 1. The molecular formula is C11H20NO2. The van der Waals surface area contributed by atoms with Gasteiger partial charge >= 0.3 is 6.41 Å². The number of unbranched alkanes of at least 4 members (excludes halogenated alkanes) is 2. The second kappa shape index (κ2) is 6.82. The number of likely N-dealkylation sites (tertiary alicyclic amines) is 1. The van der Waals surface area contributed by atoms with Crippen molar-refractivity contribution in [3.63, 3.8) is 0 Å². The van der Waals surface area contributed by atoms with Crippen LogP contribution in [0.15, 0.2) is 0 Å². The van der Waals surface area contributed by atoms with E-state index < -0.39 is 0 Å². The van der Waals surface area contributed by atoms with Crippen molar-refractivity contribution in [2.75, 3.05) is 13.2 Å². The van der Waals surface area contributed by atoms with Gasteiger partial charge in [-0.25, -0.2) is 0 Å². The van der Waals surface area contributed by atoms with Crippen LogP contribution in [0.4, 0.5) is 0 Å². The Labute approximate surface area is 86.4 Å². The van der Waals surface area contributed by atoms with E-state index >= 15 is 0 Å². The number of carbonyl (C=O) groups excluding carboxylic acids is 1. The Hall–Kier alpha value is -0.570. The molecule has 0 aromatic heterocycles. The molecule has 0 aromatic rings. The molecule has 1 heterocycles. The summed E-state index contributed by atoms with van der Waals surface area (Å²) in [7, 11) is 0. The predicted molar refractivity (Wildman–Crippen MR) is 55.5 cm³/mol. The summed E-state index contributed by atoms with van der Waals surface area (Å²) in [5.41, 5.74) is 0. The Bertz CT molecular complexity index is 161. The third-order valence-electron chi connectivity index (χ3n) is 2.62. The molecule has 14 heavy (non-hydrogen) atoms. The zero-order chi connectivity index (χ0) is 10.2. The fourth-order valence-corrected chi connectivity index (χ4v) is 1.75. The highest BCUT2D eigenvalue weighted by atomic mass is 16.5. The first kappa shape index (κ1) is 11.5. The van der Waals surface area contributed by atoms with E-state index in [1.165, 1.54) is 12.8 Å². The van der Waals surface area contributed by atoms with Crippen LogP contribution in [0.1, 0.15) is 45.4 Å². The number of hydrogen-bond donors (Lipinski definition) is 0. The van der Waals surface area contributed by atoms with Crippen LogP contribution in [0.25, 0.3) is 0 Å². The van der Waals surface area contributed by atoms with Crippen molar-refractivity contribution >= 4 is 6.41 Å². The number of amides is 1. The first-order valence-corrected chi connectivity index (χ1v) is 5.64. The van der Waals surface area contributed by atoms with E-state index in [9.17, 15) is 4.79 Å². The lowest BCUT2D eigenvalue weighted by atomic mass is 10.1. The molecule has 81 valence electrons. The average molecular weight is 198 g/mol. The van der Waals surface area contributed by atoms with Crippen molar-refractivity contribution in [1.29, 1.82) is 0 Å². The predicted octanol–water partition coefficient (Wildman–Crippen LogP) is 2.07. The third-order valence-corrected chi connectivity index (χ3v) is 2.62. The molecule has 1 aliphatic rings. The first-order valence-electron chi connectivity index (χ1n) is 5.64. The lowest BCUT2D eigenvalue weighted by molar-refractivity contribution is -0.0479. The van der Waals surface area contributed by atoms with Crippen LogP contribution in [0.5, 0.6) is 0 Å². The lowest BCUT2D eigenvalue weighted by Crippen LogP contribution is -2.40. The van der Waals surface area contributed by atoms with Gasteiger partial charge in [-0.2, -0.15) is 0 Å². The summed E-state index contributed by atoms with van der Waals surface area (Å²) in [6.45, 7) is 3.75. The Kier molecular flexibility index (Phi) is 5.60. The van der Waals surface area contributed by atoms with Crippen molar-refractivity contribution in [2.45, 2.75) is 51.7 Å². The molecule has 1 fully saturated rings. The fraction of sp³-hybridized carbons (Fsp3) is 0.909. The second-order valence-electron chi connectivity index (χ2n) is 3.81. The van der Waals surface area contributed by atoms with Crippen molar-refractivity contribution in [1.82, 2.24) is 4.90 Å². The SMILES string of the molecule is CCCCCOC1CCCCN1[C]=O. The van der Waals surface area contributed by atoms with Crippen LogP contribution in [0.3, 0.4) is 0 Å². The van der Waals surface area contributed by atoms with E-state index in [1.807, 2.05) is 6.41 Å². The van der Waals surface area contributed by atoms with Crippen LogP contribution in [0, 0.1) is 0 Å². The van der Waals surface area contributed by atoms with Crippen LogP contribution in [-0.2, 0) is 9.53 Å². The Morgan fingerprint density at radius 1 is 1.43 bits per heavy atom. The maximum absolute atomic E-state index is 10.6. The number of nitrogens with zero attached hydrogens (tertiary/aromatic N) is 1. The van der Waals surface area contributed by atoms with E-state index in [1.54, 1.807) is 4.90 Å². The summed E-state index contributed by atoms with van der Waals surface area (Å²) in [4.78, 5) is 12.2. The Morgan fingerprint density at radius 2 is 2.29 bits per heavy atom. The summed E-state index contributed by atoms with van der Waals surface area (Å²) >= 11 is 0. The summed E-state index contributed by atoms with van der Waals surface area (Å²) < 4.78 is 5.65. The minimum absolute atomic E-state index is 0.00175. The molecule has 0 bridgehead atoms. The lowest BCUT2D eigenvalue weighted by Gasteiger charge is -2.31. The minimum atomic E-state index is -0.00175. The highest BCUT2D eigenvalue weighted by Gasteiger charge is 2.21. The summed E-state index contributed by atoms with van der Waals surface area (Å²) in [6.07, 6.45) is 8.68. The van der Waals surface area contributed by atoms with Gasteiger partial charge in [0.15, 0.2) is 0 Å². The van der Waals surface area contributed by atoms with Crippen LogP contribution in [-0.4, -0.2) is 30.7 Å². The largest absolute Gasteiger partial charge is 0.358 e. The molecule has 3 heteroatoms. The van der Waals surface area contributed by atoms with Gasteiger partial charge in [0.2, 0.25) is 0 Å². The molecule has 1 atom stereocenters. The standard InChI is InChI=1S/C11H20NO2/c1-2-3-6-9-14-11-7-4-5-8-12(11)10-13/h11H,2-9H2,1H3. The van der Waals surface area contributed by atoms with E-state index in [0.717, 1.165) is 38.8 Å². The zero-order valence-electron chi connectivity index (χ0n) is 9.00. The van der Waals surface area contributed by atoms with E-state index in [4.69, 9.17) is 4.74 Å².